The van der Waals surface area contributed by atoms with Gasteiger partial charge in [-0.15, -0.1) is 0 Å². The standard InChI is InChI=1S/C13H30O8S2/c1-12(2,22(14,15)16)6-10-20-8-5-9-21-11-7-13(3,4)23(17,18)19/h14-16H,5-11H2,1-4H3,(H,17,18,19). The Kier molecular flexibility index (Phi) is 8.98. The molecule has 23 heavy (non-hydrogen) atoms. The fourth-order valence-corrected chi connectivity index (χ4v) is 2.07. The third kappa shape index (κ3) is 8.64. The molecule has 0 saturated heterocycles. The fraction of sp³-hybridized carbons (Fsp3) is 1.00. The molecule has 10 heteroatoms. The van der Waals surface area contributed by atoms with E-state index in [0.29, 0.717) is 26.1 Å². The van der Waals surface area contributed by atoms with Gasteiger partial charge in [0.25, 0.3) is 10.1 Å². The summed E-state index contributed by atoms with van der Waals surface area (Å²) in [7, 11) is -7.70. The summed E-state index contributed by atoms with van der Waals surface area (Å²) in [5.74, 6) is 0. The van der Waals surface area contributed by atoms with Crippen molar-refractivity contribution in [3.63, 3.8) is 0 Å². The van der Waals surface area contributed by atoms with Crippen LogP contribution >= 0.6 is 10.9 Å². The highest BCUT2D eigenvalue weighted by Crippen LogP contribution is 2.49. The molecule has 0 aliphatic carbocycles. The van der Waals surface area contributed by atoms with E-state index in [9.17, 15) is 22.1 Å². The lowest BCUT2D eigenvalue weighted by atomic mass is 10.1. The predicted octanol–water partition coefficient (Wildman–Crippen LogP) is 2.86. The van der Waals surface area contributed by atoms with Gasteiger partial charge in [-0.3, -0.25) is 4.55 Å². The van der Waals surface area contributed by atoms with Crippen LogP contribution in [0.25, 0.3) is 0 Å². The van der Waals surface area contributed by atoms with E-state index < -0.39 is 30.5 Å². The summed E-state index contributed by atoms with van der Waals surface area (Å²) in [6, 6.07) is 0. The van der Waals surface area contributed by atoms with Gasteiger partial charge < -0.3 is 23.1 Å². The fourth-order valence-electron chi connectivity index (χ4n) is 1.37. The Hall–Kier alpha value is 0.0600. The first-order chi connectivity index (χ1) is 10.2. The summed E-state index contributed by atoms with van der Waals surface area (Å²) in [4.78, 5) is 0. The first kappa shape index (κ1) is 23.1. The monoisotopic (exact) mass is 378 g/mol. The topological polar surface area (TPSA) is 134 Å². The van der Waals surface area contributed by atoms with Crippen molar-refractivity contribution in [2.24, 2.45) is 0 Å². The van der Waals surface area contributed by atoms with Crippen LogP contribution in [0.15, 0.2) is 0 Å². The van der Waals surface area contributed by atoms with Crippen LogP contribution in [-0.4, -0.2) is 62.6 Å². The summed E-state index contributed by atoms with van der Waals surface area (Å²) in [5, 5.41) is 0. The van der Waals surface area contributed by atoms with Crippen LogP contribution < -0.4 is 0 Å². The van der Waals surface area contributed by atoms with Crippen LogP contribution in [0.4, 0.5) is 0 Å². The first-order valence-corrected chi connectivity index (χ1v) is 10.3. The highest BCUT2D eigenvalue weighted by molar-refractivity contribution is 8.20. The van der Waals surface area contributed by atoms with E-state index in [0.717, 1.165) is 0 Å². The van der Waals surface area contributed by atoms with Crippen LogP contribution in [-0.2, 0) is 19.6 Å². The zero-order chi connectivity index (χ0) is 18.4. The van der Waals surface area contributed by atoms with Gasteiger partial charge in [0.1, 0.15) is 0 Å². The van der Waals surface area contributed by atoms with E-state index in [1.54, 1.807) is 13.8 Å². The Bertz CT molecular complexity index is 439. The van der Waals surface area contributed by atoms with Crippen molar-refractivity contribution in [3.8, 4) is 0 Å². The van der Waals surface area contributed by atoms with Crippen LogP contribution in [0.3, 0.4) is 0 Å². The van der Waals surface area contributed by atoms with E-state index in [4.69, 9.17) is 14.0 Å². The van der Waals surface area contributed by atoms with Gasteiger partial charge in [0.2, 0.25) is 0 Å². The van der Waals surface area contributed by atoms with Gasteiger partial charge in [-0.25, -0.2) is 0 Å². The molecule has 0 fully saturated rings. The van der Waals surface area contributed by atoms with Gasteiger partial charge in [0.15, 0.2) is 0 Å². The number of ether oxygens (including phenoxy) is 2. The third-order valence-corrected chi connectivity index (χ3v) is 7.00. The number of hydrogen-bond donors (Lipinski definition) is 4. The van der Waals surface area contributed by atoms with Gasteiger partial charge in [0, 0.05) is 26.4 Å². The molecule has 0 heterocycles. The summed E-state index contributed by atoms with van der Waals surface area (Å²) < 4.78 is 67.2. The zero-order valence-corrected chi connectivity index (χ0v) is 15.8. The summed E-state index contributed by atoms with van der Waals surface area (Å²) in [5.41, 5.74) is 0. The van der Waals surface area contributed by atoms with Crippen LogP contribution in [0.5, 0.6) is 0 Å². The highest BCUT2D eigenvalue weighted by atomic mass is 32.3. The van der Waals surface area contributed by atoms with Crippen molar-refractivity contribution in [2.75, 3.05) is 26.4 Å². The predicted molar refractivity (Wildman–Crippen MR) is 90.7 cm³/mol. The molecule has 0 aromatic heterocycles. The van der Waals surface area contributed by atoms with Crippen molar-refractivity contribution in [2.45, 2.75) is 56.5 Å². The lowest BCUT2D eigenvalue weighted by molar-refractivity contribution is 0.0753. The summed E-state index contributed by atoms with van der Waals surface area (Å²) >= 11 is 0. The molecule has 0 saturated carbocycles. The second-order valence-electron chi connectivity index (χ2n) is 6.59. The van der Waals surface area contributed by atoms with Crippen LogP contribution in [0.1, 0.15) is 47.0 Å². The molecule has 0 amide bonds. The van der Waals surface area contributed by atoms with Crippen molar-refractivity contribution in [1.29, 1.82) is 0 Å². The molecule has 0 bridgehead atoms. The van der Waals surface area contributed by atoms with Crippen molar-refractivity contribution >= 4 is 21.0 Å². The minimum Gasteiger partial charge on any atom is -0.381 e. The first-order valence-electron chi connectivity index (χ1n) is 7.33. The smallest absolute Gasteiger partial charge is 0.270 e. The molecule has 0 aliphatic heterocycles. The molecule has 0 radical (unpaired) electrons. The Morgan fingerprint density at radius 1 is 0.739 bits per heavy atom. The lowest BCUT2D eigenvalue weighted by Gasteiger charge is -2.36. The minimum atomic E-state index is -4.10. The van der Waals surface area contributed by atoms with Crippen molar-refractivity contribution in [1.82, 2.24) is 0 Å². The number of rotatable bonds is 12. The van der Waals surface area contributed by atoms with E-state index in [1.165, 1.54) is 13.8 Å². The Morgan fingerprint density at radius 3 is 1.48 bits per heavy atom. The second kappa shape index (κ2) is 8.95. The molecular formula is C13H30O8S2. The molecule has 8 nitrogen and oxygen atoms in total. The average molecular weight is 379 g/mol. The molecule has 0 unspecified atom stereocenters. The molecule has 0 atom stereocenters. The zero-order valence-electron chi connectivity index (χ0n) is 14.2. The molecule has 0 spiro atoms. The van der Waals surface area contributed by atoms with Crippen LogP contribution in [0, 0.1) is 0 Å². The van der Waals surface area contributed by atoms with Gasteiger partial charge in [-0.05, 0) is 47.0 Å². The lowest BCUT2D eigenvalue weighted by Crippen LogP contribution is -2.32. The Labute approximate surface area is 140 Å². The van der Waals surface area contributed by atoms with Gasteiger partial charge >= 0.3 is 0 Å². The van der Waals surface area contributed by atoms with Gasteiger partial charge in [-0.1, -0.05) is 0 Å². The molecular weight excluding hydrogens is 348 g/mol. The maximum Gasteiger partial charge on any atom is 0.270 e. The van der Waals surface area contributed by atoms with Crippen molar-refractivity contribution < 1.29 is 36.1 Å². The minimum absolute atomic E-state index is 0.190. The van der Waals surface area contributed by atoms with Gasteiger partial charge in [0.05, 0.1) is 20.4 Å². The van der Waals surface area contributed by atoms with E-state index in [2.05, 4.69) is 0 Å². The molecule has 4 N–H and O–H groups in total. The maximum atomic E-state index is 11.1. The third-order valence-electron chi connectivity index (χ3n) is 3.71. The van der Waals surface area contributed by atoms with E-state index >= 15 is 0 Å². The van der Waals surface area contributed by atoms with E-state index in [-0.39, 0.29) is 19.6 Å². The summed E-state index contributed by atoms with van der Waals surface area (Å²) in [6.07, 6.45) is 1.09. The Morgan fingerprint density at radius 2 is 1.13 bits per heavy atom. The molecule has 0 aromatic carbocycles. The molecule has 142 valence electrons. The number of hydrogen-bond acceptors (Lipinski definition) is 7. The molecule has 0 aromatic rings. The molecule has 0 rings (SSSR count). The Balaban J connectivity index is 3.70. The van der Waals surface area contributed by atoms with Crippen LogP contribution in [0.2, 0.25) is 0 Å². The average Bonchev–Trinajstić information content (AvgIpc) is 2.33. The van der Waals surface area contributed by atoms with E-state index in [1.807, 2.05) is 0 Å². The maximum absolute atomic E-state index is 11.1. The summed E-state index contributed by atoms with van der Waals surface area (Å²) in [6.45, 7) is 7.24. The largest absolute Gasteiger partial charge is 0.381 e. The van der Waals surface area contributed by atoms with Gasteiger partial charge in [-0.2, -0.15) is 8.42 Å². The SMILES string of the molecule is CC(C)(CCOCCCOCCC(C)(C)S(=O)(=O)O)S(O)(O)O. The highest BCUT2D eigenvalue weighted by Gasteiger charge is 2.35. The normalized spacial score (nSPS) is 15.0. The quantitative estimate of drug-likeness (QED) is 0.301. The van der Waals surface area contributed by atoms with Crippen molar-refractivity contribution in [3.05, 3.63) is 0 Å². The second-order valence-corrected chi connectivity index (χ2v) is 10.8. The molecule has 0 aliphatic rings.